The molecule has 0 N–H and O–H groups in total. The van der Waals surface area contributed by atoms with E-state index in [-0.39, 0.29) is 0 Å². The van der Waals surface area contributed by atoms with E-state index in [0.29, 0.717) is 5.92 Å². The molecule has 1 unspecified atom stereocenters. The van der Waals surface area contributed by atoms with Crippen LogP contribution in [0.1, 0.15) is 35.9 Å². The van der Waals surface area contributed by atoms with E-state index in [1.54, 1.807) is 0 Å². The van der Waals surface area contributed by atoms with Gasteiger partial charge in [-0.15, -0.1) is 11.3 Å². The molecule has 220 valence electrons. The van der Waals surface area contributed by atoms with Crippen LogP contribution in [0.4, 0.5) is 0 Å². The molecule has 0 saturated carbocycles. The minimum Gasteiger partial charge on any atom is -0.317 e. The fraction of sp³-hybridized carbons (Fsp3) is 0.116. The van der Waals surface area contributed by atoms with Crippen LogP contribution < -0.4 is 0 Å². The van der Waals surface area contributed by atoms with E-state index in [0.717, 1.165) is 19.3 Å². The van der Waals surface area contributed by atoms with Gasteiger partial charge in [-0.25, -0.2) is 0 Å². The number of rotatable bonds is 3. The SMILES string of the molecule is CC1C=Cc2c3c(n(-c4ccc5sc6ccc(-c7ccc8c(c7)c7ccccc7n8-c7ccccc7)cc6c5c4)c2C1)CCC=C3. The predicted molar refractivity (Wildman–Crippen MR) is 198 cm³/mol. The second kappa shape index (κ2) is 9.94. The van der Waals surface area contributed by atoms with Gasteiger partial charge in [-0.05, 0) is 97.0 Å². The first-order valence-electron chi connectivity index (χ1n) is 16.4. The topological polar surface area (TPSA) is 9.86 Å². The lowest BCUT2D eigenvalue weighted by molar-refractivity contribution is 0.680. The molecule has 0 spiro atoms. The van der Waals surface area contributed by atoms with Gasteiger partial charge in [0, 0.05) is 64.8 Å². The molecule has 2 nitrogen and oxygen atoms in total. The summed E-state index contributed by atoms with van der Waals surface area (Å²) in [6.07, 6.45) is 12.7. The first kappa shape index (κ1) is 26.1. The van der Waals surface area contributed by atoms with Gasteiger partial charge in [0.15, 0.2) is 0 Å². The molecule has 5 aromatic carbocycles. The van der Waals surface area contributed by atoms with Crippen LogP contribution in [0.3, 0.4) is 0 Å². The van der Waals surface area contributed by atoms with Gasteiger partial charge in [0.05, 0.1) is 11.0 Å². The van der Waals surface area contributed by atoms with E-state index < -0.39 is 0 Å². The van der Waals surface area contributed by atoms with Crippen LogP contribution in [0.15, 0.2) is 121 Å². The molecule has 0 aliphatic heterocycles. The summed E-state index contributed by atoms with van der Waals surface area (Å²) in [6, 6.07) is 40.6. The molecule has 3 aromatic heterocycles. The highest BCUT2D eigenvalue weighted by molar-refractivity contribution is 7.25. The minimum absolute atomic E-state index is 0.555. The molecule has 1 atom stereocenters. The van der Waals surface area contributed by atoms with Crippen LogP contribution in [-0.2, 0) is 12.8 Å². The van der Waals surface area contributed by atoms with Gasteiger partial charge in [-0.2, -0.15) is 0 Å². The minimum atomic E-state index is 0.555. The lowest BCUT2D eigenvalue weighted by Crippen LogP contribution is -2.10. The molecule has 3 heterocycles. The molecule has 46 heavy (non-hydrogen) atoms. The van der Waals surface area contributed by atoms with Crippen molar-refractivity contribution in [1.29, 1.82) is 0 Å². The molecule has 0 fully saturated rings. The summed E-state index contributed by atoms with van der Waals surface area (Å²) >= 11 is 1.90. The van der Waals surface area contributed by atoms with E-state index in [2.05, 4.69) is 150 Å². The molecular weight excluding hydrogens is 577 g/mol. The highest BCUT2D eigenvalue weighted by Gasteiger charge is 2.25. The first-order valence-corrected chi connectivity index (χ1v) is 17.2. The van der Waals surface area contributed by atoms with Gasteiger partial charge < -0.3 is 9.13 Å². The Bertz CT molecular complexity index is 2570. The summed E-state index contributed by atoms with van der Waals surface area (Å²) in [4.78, 5) is 0. The maximum Gasteiger partial charge on any atom is 0.0541 e. The molecule has 2 aliphatic rings. The summed E-state index contributed by atoms with van der Waals surface area (Å²) in [6.45, 7) is 2.33. The Balaban J connectivity index is 1.14. The van der Waals surface area contributed by atoms with E-state index in [1.807, 2.05) is 11.3 Å². The second-order valence-electron chi connectivity index (χ2n) is 13.0. The van der Waals surface area contributed by atoms with Crippen LogP contribution >= 0.6 is 11.3 Å². The Kier molecular flexibility index (Phi) is 5.65. The van der Waals surface area contributed by atoms with Crippen LogP contribution in [0.2, 0.25) is 0 Å². The van der Waals surface area contributed by atoms with Crippen molar-refractivity contribution in [3.63, 3.8) is 0 Å². The van der Waals surface area contributed by atoms with Crippen molar-refractivity contribution in [3.05, 3.63) is 144 Å². The molecule has 10 rings (SSSR count). The van der Waals surface area contributed by atoms with Gasteiger partial charge in [-0.1, -0.05) is 79.8 Å². The number of hydrogen-bond donors (Lipinski definition) is 0. The molecular formula is C43H32N2S. The third-order valence-corrected chi connectivity index (χ3v) is 11.3. The third kappa shape index (κ3) is 3.82. The summed E-state index contributed by atoms with van der Waals surface area (Å²) < 4.78 is 7.67. The number of aromatic nitrogens is 2. The van der Waals surface area contributed by atoms with Gasteiger partial charge >= 0.3 is 0 Å². The molecule has 0 radical (unpaired) electrons. The summed E-state index contributed by atoms with van der Waals surface area (Å²) in [5.74, 6) is 0.555. The van der Waals surface area contributed by atoms with Crippen molar-refractivity contribution >= 4 is 65.5 Å². The zero-order valence-electron chi connectivity index (χ0n) is 25.7. The van der Waals surface area contributed by atoms with Crippen molar-refractivity contribution in [2.45, 2.75) is 26.2 Å². The van der Waals surface area contributed by atoms with Crippen molar-refractivity contribution < 1.29 is 0 Å². The van der Waals surface area contributed by atoms with Crippen LogP contribution in [0.5, 0.6) is 0 Å². The number of allylic oxidation sites excluding steroid dienone is 2. The summed E-state index contributed by atoms with van der Waals surface area (Å²) in [5.41, 5.74) is 13.2. The number of hydrogen-bond acceptors (Lipinski definition) is 1. The smallest absolute Gasteiger partial charge is 0.0541 e. The van der Waals surface area contributed by atoms with Crippen molar-refractivity contribution in [3.8, 4) is 22.5 Å². The van der Waals surface area contributed by atoms with Gasteiger partial charge in [0.2, 0.25) is 0 Å². The number of para-hydroxylation sites is 2. The molecule has 0 bridgehead atoms. The Morgan fingerprint density at radius 1 is 0.587 bits per heavy atom. The second-order valence-corrected chi connectivity index (χ2v) is 14.0. The van der Waals surface area contributed by atoms with Crippen LogP contribution in [0, 0.1) is 5.92 Å². The summed E-state index contributed by atoms with van der Waals surface area (Å²) in [7, 11) is 0. The monoisotopic (exact) mass is 608 g/mol. The fourth-order valence-electron chi connectivity index (χ4n) is 7.99. The summed E-state index contributed by atoms with van der Waals surface area (Å²) in [5, 5.41) is 5.26. The first-order chi connectivity index (χ1) is 22.7. The Labute approximate surface area is 272 Å². The van der Waals surface area contributed by atoms with Gasteiger partial charge in [-0.3, -0.25) is 0 Å². The Hall–Kier alpha value is -5.12. The molecule has 0 amide bonds. The van der Waals surface area contributed by atoms with E-state index in [4.69, 9.17) is 0 Å². The van der Waals surface area contributed by atoms with E-state index >= 15 is 0 Å². The maximum atomic E-state index is 2.59. The van der Waals surface area contributed by atoms with Gasteiger partial charge in [0.25, 0.3) is 0 Å². The van der Waals surface area contributed by atoms with Crippen molar-refractivity contribution in [2.24, 2.45) is 5.92 Å². The van der Waals surface area contributed by atoms with Gasteiger partial charge in [0.1, 0.15) is 0 Å². The van der Waals surface area contributed by atoms with Crippen LogP contribution in [0.25, 0.3) is 76.6 Å². The average Bonchev–Trinajstić information content (AvgIpc) is 3.75. The highest BCUT2D eigenvalue weighted by Crippen LogP contribution is 2.42. The van der Waals surface area contributed by atoms with Crippen LogP contribution in [-0.4, -0.2) is 9.13 Å². The number of fused-ring (bicyclic) bond motifs is 9. The average molecular weight is 609 g/mol. The van der Waals surface area contributed by atoms with E-state index in [9.17, 15) is 0 Å². The largest absolute Gasteiger partial charge is 0.317 e. The highest BCUT2D eigenvalue weighted by atomic mass is 32.1. The normalized spacial score (nSPS) is 15.7. The predicted octanol–water partition coefficient (Wildman–Crippen LogP) is 11.8. The molecule has 8 aromatic rings. The lowest BCUT2D eigenvalue weighted by Gasteiger charge is -2.18. The lowest BCUT2D eigenvalue weighted by atomic mass is 9.92. The number of benzene rings is 5. The van der Waals surface area contributed by atoms with Crippen molar-refractivity contribution in [2.75, 3.05) is 0 Å². The zero-order chi connectivity index (χ0) is 30.4. The maximum absolute atomic E-state index is 2.59. The fourth-order valence-corrected chi connectivity index (χ4v) is 9.06. The number of nitrogens with zero attached hydrogens (tertiary/aromatic N) is 2. The van der Waals surface area contributed by atoms with Crippen molar-refractivity contribution in [1.82, 2.24) is 9.13 Å². The number of thiophene rings is 1. The Morgan fingerprint density at radius 3 is 2.20 bits per heavy atom. The molecule has 2 aliphatic carbocycles. The van der Waals surface area contributed by atoms with E-state index in [1.165, 1.54) is 87.0 Å². The molecule has 0 saturated heterocycles. The standard InChI is InChI=1S/C43H32N2S/c1-27-15-19-34-32-11-5-7-13-38(32)45(41(34)23-27)31-18-22-43-37(26-31)36-25-29(17-21-42(36)46-43)28-16-20-40-35(24-28)33-12-6-8-14-39(33)44(40)30-9-3-2-4-10-30/h2-6,8-12,14-22,24-27H,7,13,23H2,1H3. The quantitative estimate of drug-likeness (QED) is 0.189. The molecule has 3 heteroatoms. The zero-order valence-corrected chi connectivity index (χ0v) is 26.5. The third-order valence-electron chi connectivity index (χ3n) is 10.1. The Morgan fingerprint density at radius 2 is 1.30 bits per heavy atom.